The number of likely N-dealkylation sites (tertiary alicyclic amines) is 1. The van der Waals surface area contributed by atoms with Gasteiger partial charge in [0.05, 0.1) is 6.42 Å². The third-order valence-corrected chi connectivity index (χ3v) is 8.24. The summed E-state index contributed by atoms with van der Waals surface area (Å²) in [5.41, 5.74) is 3.97. The number of hydrogen-bond donors (Lipinski definition) is 1. The van der Waals surface area contributed by atoms with Crippen molar-refractivity contribution in [1.82, 2.24) is 4.90 Å². The molecule has 1 N–H and O–H groups in total. The summed E-state index contributed by atoms with van der Waals surface area (Å²) in [4.78, 5) is 44.3. The molecule has 3 aromatic rings. The van der Waals surface area contributed by atoms with Gasteiger partial charge in [-0.15, -0.1) is 11.3 Å². The van der Waals surface area contributed by atoms with E-state index in [9.17, 15) is 14.4 Å². The average Bonchev–Trinajstić information content (AvgIpc) is 3.55. The number of ketones is 1. The predicted molar refractivity (Wildman–Crippen MR) is 160 cm³/mol. The molecular weight excluding hydrogens is 522 g/mol. The van der Waals surface area contributed by atoms with Crippen molar-refractivity contribution in [3.8, 4) is 10.4 Å². The van der Waals surface area contributed by atoms with Crippen molar-refractivity contribution in [3.63, 3.8) is 0 Å². The summed E-state index contributed by atoms with van der Waals surface area (Å²) in [7, 11) is 0. The molecule has 210 valence electrons. The molecule has 2 aliphatic heterocycles. The Morgan fingerprint density at radius 2 is 1.80 bits per heavy atom. The van der Waals surface area contributed by atoms with Crippen LogP contribution in [0.3, 0.4) is 0 Å². The van der Waals surface area contributed by atoms with Crippen LogP contribution in [0.15, 0.2) is 53.9 Å². The fraction of sp³-hybridized carbons (Fsp3) is 0.406. The smallest absolute Gasteiger partial charge is 0.412 e. The molecule has 7 nitrogen and oxygen atoms in total. The lowest BCUT2D eigenvalue weighted by atomic mass is 9.97. The van der Waals surface area contributed by atoms with Gasteiger partial charge in [0.2, 0.25) is 5.91 Å². The minimum absolute atomic E-state index is 0.0717. The van der Waals surface area contributed by atoms with Crippen LogP contribution in [0.5, 0.6) is 0 Å². The lowest BCUT2D eigenvalue weighted by Crippen LogP contribution is -2.39. The number of piperidine rings is 1. The van der Waals surface area contributed by atoms with Gasteiger partial charge in [0.1, 0.15) is 5.60 Å². The summed E-state index contributed by atoms with van der Waals surface area (Å²) in [5.74, 6) is 0.0155. The normalized spacial score (nSPS) is 15.7. The first kappa shape index (κ1) is 28.1. The van der Waals surface area contributed by atoms with Crippen molar-refractivity contribution in [2.45, 2.75) is 58.5 Å². The van der Waals surface area contributed by atoms with E-state index >= 15 is 0 Å². The van der Waals surface area contributed by atoms with Crippen LogP contribution in [0.2, 0.25) is 0 Å². The second kappa shape index (κ2) is 11.9. The Morgan fingerprint density at radius 1 is 1.00 bits per heavy atom. The molecule has 1 fully saturated rings. The fourth-order valence-corrected chi connectivity index (χ4v) is 6.10. The maximum atomic E-state index is 13.5. The lowest BCUT2D eigenvalue weighted by molar-refractivity contribution is -0.117. The third kappa shape index (κ3) is 6.80. The number of nitrogens with zero attached hydrogens (tertiary/aromatic N) is 2. The van der Waals surface area contributed by atoms with Crippen LogP contribution in [-0.4, -0.2) is 54.5 Å². The van der Waals surface area contributed by atoms with Crippen LogP contribution in [0.1, 0.15) is 61.5 Å². The quantitative estimate of drug-likeness (QED) is 0.316. The molecule has 0 saturated carbocycles. The number of nitrogens with one attached hydrogen (secondary N) is 1. The Bertz CT molecular complexity index is 1390. The number of anilines is 2. The second-order valence-electron chi connectivity index (χ2n) is 11.5. The zero-order chi connectivity index (χ0) is 28.3. The van der Waals surface area contributed by atoms with Crippen LogP contribution < -0.4 is 10.2 Å². The number of thiophene rings is 1. The SMILES string of the molecule is CC(C)(C)OC(=O)Nc1ccc(-c2cccs2)cc1CC(=O)c1ccc2c(c1)CC(=O)N2CCN1CCCCC1. The number of amides is 2. The maximum Gasteiger partial charge on any atom is 0.412 e. The number of fused-ring (bicyclic) bond motifs is 1. The number of carbonyl (C=O) groups is 3. The molecule has 3 heterocycles. The van der Waals surface area contributed by atoms with Crippen LogP contribution >= 0.6 is 11.3 Å². The minimum Gasteiger partial charge on any atom is -0.444 e. The molecule has 2 aromatic carbocycles. The summed E-state index contributed by atoms with van der Waals surface area (Å²) in [6.45, 7) is 9.18. The summed E-state index contributed by atoms with van der Waals surface area (Å²) in [6, 6.07) is 15.3. The third-order valence-electron chi connectivity index (χ3n) is 7.32. The van der Waals surface area contributed by atoms with Gasteiger partial charge in [-0.2, -0.15) is 0 Å². The van der Waals surface area contributed by atoms with Gasteiger partial charge < -0.3 is 14.5 Å². The van der Waals surface area contributed by atoms with Crippen LogP contribution in [0, 0.1) is 0 Å². The zero-order valence-corrected chi connectivity index (χ0v) is 24.3. The standard InChI is InChI=1S/C32H37N3O4S/c1-32(2,3)39-31(38)33-26-11-9-23(29-8-7-17-40-29)19-24(26)20-28(36)22-10-12-27-25(18-22)21-30(37)35(27)16-15-34-13-5-4-6-14-34/h7-12,17-19H,4-6,13-16,20-21H2,1-3H3,(H,33,38). The van der Waals surface area contributed by atoms with Crippen LogP contribution in [0.25, 0.3) is 10.4 Å². The highest BCUT2D eigenvalue weighted by Crippen LogP contribution is 2.32. The van der Waals surface area contributed by atoms with Gasteiger partial charge >= 0.3 is 6.09 Å². The molecule has 1 aromatic heterocycles. The molecule has 0 atom stereocenters. The van der Waals surface area contributed by atoms with Crippen molar-refractivity contribution in [2.24, 2.45) is 0 Å². The first-order chi connectivity index (χ1) is 19.2. The number of benzene rings is 2. The lowest BCUT2D eigenvalue weighted by Gasteiger charge is -2.28. The molecule has 0 bridgehead atoms. The largest absolute Gasteiger partial charge is 0.444 e. The average molecular weight is 560 g/mol. The van der Waals surface area contributed by atoms with E-state index in [4.69, 9.17) is 4.74 Å². The monoisotopic (exact) mass is 559 g/mol. The minimum atomic E-state index is -0.638. The van der Waals surface area contributed by atoms with E-state index in [0.717, 1.165) is 41.3 Å². The summed E-state index contributed by atoms with van der Waals surface area (Å²) in [6.07, 6.45) is 3.59. The predicted octanol–water partition coefficient (Wildman–Crippen LogP) is 6.56. The molecule has 40 heavy (non-hydrogen) atoms. The molecule has 2 aliphatic rings. The van der Waals surface area contributed by atoms with E-state index in [-0.39, 0.29) is 18.1 Å². The van der Waals surface area contributed by atoms with E-state index in [2.05, 4.69) is 10.2 Å². The molecule has 0 spiro atoms. The summed E-state index contributed by atoms with van der Waals surface area (Å²) in [5, 5.41) is 4.83. The van der Waals surface area contributed by atoms with Gasteiger partial charge in [0.25, 0.3) is 0 Å². The molecule has 2 amide bonds. The van der Waals surface area contributed by atoms with Gasteiger partial charge in [0, 0.05) is 41.3 Å². The molecule has 0 radical (unpaired) electrons. The number of rotatable bonds is 8. The topological polar surface area (TPSA) is 78.9 Å². The summed E-state index contributed by atoms with van der Waals surface area (Å²) < 4.78 is 5.45. The molecule has 0 aliphatic carbocycles. The van der Waals surface area contributed by atoms with E-state index < -0.39 is 11.7 Å². The molecule has 1 saturated heterocycles. The fourth-order valence-electron chi connectivity index (χ4n) is 5.37. The molecular formula is C32H37N3O4S. The van der Waals surface area contributed by atoms with E-state index in [1.165, 1.54) is 19.3 Å². The molecule has 8 heteroatoms. The Balaban J connectivity index is 1.33. The van der Waals surface area contributed by atoms with Crippen molar-refractivity contribution in [3.05, 3.63) is 70.6 Å². The number of hydrogen-bond acceptors (Lipinski definition) is 6. The van der Waals surface area contributed by atoms with Gasteiger partial charge in [0.15, 0.2) is 5.78 Å². The number of ether oxygens (including phenoxy) is 1. The van der Waals surface area contributed by atoms with E-state index in [0.29, 0.717) is 29.8 Å². The van der Waals surface area contributed by atoms with Crippen LogP contribution in [0.4, 0.5) is 16.2 Å². The Hall–Kier alpha value is -3.49. The Morgan fingerprint density at radius 3 is 2.52 bits per heavy atom. The highest BCUT2D eigenvalue weighted by molar-refractivity contribution is 7.13. The van der Waals surface area contributed by atoms with E-state index in [1.54, 1.807) is 11.3 Å². The van der Waals surface area contributed by atoms with Crippen molar-refractivity contribution >= 4 is 40.5 Å². The highest BCUT2D eigenvalue weighted by Gasteiger charge is 2.28. The number of Topliss-reactive ketones (excluding diaryl/α,β-unsaturated/α-hetero) is 1. The second-order valence-corrected chi connectivity index (χ2v) is 12.5. The first-order valence-electron chi connectivity index (χ1n) is 14.0. The van der Waals surface area contributed by atoms with Gasteiger partial charge in [-0.1, -0.05) is 18.6 Å². The Kier molecular flexibility index (Phi) is 8.38. The van der Waals surface area contributed by atoms with Crippen molar-refractivity contribution < 1.29 is 19.1 Å². The van der Waals surface area contributed by atoms with E-state index in [1.807, 2.05) is 79.6 Å². The molecule has 5 rings (SSSR count). The van der Waals surface area contributed by atoms with Gasteiger partial charge in [-0.25, -0.2) is 4.79 Å². The van der Waals surface area contributed by atoms with Crippen molar-refractivity contribution in [2.75, 3.05) is 36.4 Å². The van der Waals surface area contributed by atoms with Gasteiger partial charge in [-0.3, -0.25) is 14.9 Å². The summed E-state index contributed by atoms with van der Waals surface area (Å²) >= 11 is 1.62. The highest BCUT2D eigenvalue weighted by atomic mass is 32.1. The van der Waals surface area contributed by atoms with Gasteiger partial charge in [-0.05, 0) is 105 Å². The molecule has 0 unspecified atom stereocenters. The van der Waals surface area contributed by atoms with Crippen molar-refractivity contribution in [1.29, 1.82) is 0 Å². The number of carbonyl (C=O) groups excluding carboxylic acids is 3. The zero-order valence-electron chi connectivity index (χ0n) is 23.5. The van der Waals surface area contributed by atoms with Crippen LogP contribution in [-0.2, 0) is 22.4 Å². The maximum absolute atomic E-state index is 13.5. The Labute approximate surface area is 240 Å². The first-order valence-corrected chi connectivity index (χ1v) is 14.9.